The van der Waals surface area contributed by atoms with Crippen LogP contribution in [0.15, 0.2) is 42.5 Å². The van der Waals surface area contributed by atoms with E-state index in [1.165, 1.54) is 0 Å². The Labute approximate surface area is 189 Å². The lowest BCUT2D eigenvalue weighted by molar-refractivity contribution is -0.140. The van der Waals surface area contributed by atoms with Gasteiger partial charge in [0, 0.05) is 23.1 Å². The molecule has 162 valence electrons. The van der Waals surface area contributed by atoms with Gasteiger partial charge in [0.05, 0.1) is 6.42 Å². The Bertz CT molecular complexity index is 850. The summed E-state index contributed by atoms with van der Waals surface area (Å²) in [6.07, 6.45) is 2.46. The number of nitrogens with one attached hydrogen (secondary N) is 1. The lowest BCUT2D eigenvalue weighted by Crippen LogP contribution is -2.49. The second-order valence-corrected chi connectivity index (χ2v) is 8.27. The van der Waals surface area contributed by atoms with Crippen molar-refractivity contribution >= 4 is 35.0 Å². The summed E-state index contributed by atoms with van der Waals surface area (Å²) >= 11 is 12.6. The van der Waals surface area contributed by atoms with Gasteiger partial charge in [-0.15, -0.1) is 0 Å². The largest absolute Gasteiger partial charge is 0.354 e. The van der Waals surface area contributed by atoms with Crippen LogP contribution in [0.2, 0.25) is 10.0 Å². The lowest BCUT2D eigenvalue weighted by atomic mass is 10.1. The molecule has 0 radical (unpaired) electrons. The molecule has 0 spiro atoms. The Hall–Kier alpha value is -2.04. The van der Waals surface area contributed by atoms with Gasteiger partial charge in [-0.05, 0) is 43.0 Å². The number of carbonyl (C=O) groups is 2. The molecule has 2 aromatic carbocycles. The first-order valence-corrected chi connectivity index (χ1v) is 11.2. The van der Waals surface area contributed by atoms with E-state index < -0.39 is 6.04 Å². The topological polar surface area (TPSA) is 49.4 Å². The van der Waals surface area contributed by atoms with Crippen LogP contribution in [0.1, 0.15) is 49.8 Å². The van der Waals surface area contributed by atoms with E-state index in [9.17, 15) is 9.59 Å². The number of amides is 2. The van der Waals surface area contributed by atoms with Crippen molar-refractivity contribution in [3.8, 4) is 0 Å². The van der Waals surface area contributed by atoms with Crippen LogP contribution in [-0.4, -0.2) is 29.3 Å². The third-order valence-electron chi connectivity index (χ3n) is 5.04. The molecule has 2 amide bonds. The molecule has 6 heteroatoms. The molecule has 0 aliphatic heterocycles. The predicted molar refractivity (Wildman–Crippen MR) is 124 cm³/mol. The molecular weight excluding hydrogens is 419 g/mol. The van der Waals surface area contributed by atoms with Gasteiger partial charge in [0.25, 0.3) is 0 Å². The van der Waals surface area contributed by atoms with Crippen LogP contribution < -0.4 is 5.32 Å². The molecule has 0 aliphatic carbocycles. The molecule has 0 saturated carbocycles. The van der Waals surface area contributed by atoms with Gasteiger partial charge < -0.3 is 10.2 Å². The van der Waals surface area contributed by atoms with E-state index in [-0.39, 0.29) is 18.2 Å². The van der Waals surface area contributed by atoms with Crippen molar-refractivity contribution in [2.75, 3.05) is 6.54 Å². The van der Waals surface area contributed by atoms with E-state index in [4.69, 9.17) is 23.2 Å². The molecule has 1 N–H and O–H groups in total. The molecule has 4 nitrogen and oxygen atoms in total. The van der Waals surface area contributed by atoms with Crippen molar-refractivity contribution in [1.29, 1.82) is 0 Å². The molecule has 2 rings (SSSR count). The highest BCUT2D eigenvalue weighted by molar-refractivity contribution is 6.36. The minimum atomic E-state index is -0.559. The maximum atomic E-state index is 13.4. The fraction of sp³-hybridized carbons (Fsp3) is 0.417. The van der Waals surface area contributed by atoms with E-state index in [1.54, 1.807) is 23.1 Å². The fourth-order valence-corrected chi connectivity index (χ4v) is 3.92. The average molecular weight is 449 g/mol. The summed E-state index contributed by atoms with van der Waals surface area (Å²) in [5.74, 6) is -0.304. The normalized spacial score (nSPS) is 11.8. The Morgan fingerprint density at radius 3 is 2.33 bits per heavy atom. The second-order valence-electron chi connectivity index (χ2n) is 7.46. The molecule has 1 unspecified atom stereocenters. The quantitative estimate of drug-likeness (QED) is 0.483. The zero-order chi connectivity index (χ0) is 22.1. The van der Waals surface area contributed by atoms with Gasteiger partial charge >= 0.3 is 0 Å². The first-order valence-electron chi connectivity index (χ1n) is 10.4. The summed E-state index contributed by atoms with van der Waals surface area (Å²) in [5, 5.41) is 3.87. The van der Waals surface area contributed by atoms with Crippen LogP contribution in [-0.2, 0) is 22.6 Å². The highest BCUT2D eigenvalue weighted by Crippen LogP contribution is 2.26. The monoisotopic (exact) mass is 448 g/mol. The number of aryl methyl sites for hydroxylation is 1. The highest BCUT2D eigenvalue weighted by atomic mass is 35.5. The van der Waals surface area contributed by atoms with Crippen molar-refractivity contribution in [3.05, 3.63) is 69.2 Å². The van der Waals surface area contributed by atoms with Gasteiger partial charge in [0.15, 0.2) is 0 Å². The number of hydrogen-bond acceptors (Lipinski definition) is 2. The standard InChI is InChI=1S/C24H30Cl2N2O2/c1-4-6-13-27-24(30)22(5-2)28(16-18-10-7-9-17(3)14-18)23(29)15-19-20(25)11-8-12-21(19)26/h7-12,14,22H,4-6,13,15-16H2,1-3H3,(H,27,30). The lowest BCUT2D eigenvalue weighted by Gasteiger charge is -2.31. The van der Waals surface area contributed by atoms with E-state index in [1.807, 2.05) is 38.1 Å². The highest BCUT2D eigenvalue weighted by Gasteiger charge is 2.29. The van der Waals surface area contributed by atoms with E-state index in [2.05, 4.69) is 12.2 Å². The Morgan fingerprint density at radius 2 is 1.73 bits per heavy atom. The molecule has 2 aromatic rings. The smallest absolute Gasteiger partial charge is 0.242 e. The van der Waals surface area contributed by atoms with Crippen molar-refractivity contribution in [2.45, 2.75) is 59.0 Å². The molecule has 1 atom stereocenters. The second kappa shape index (κ2) is 12.0. The van der Waals surface area contributed by atoms with E-state index in [0.29, 0.717) is 35.1 Å². The van der Waals surface area contributed by atoms with E-state index in [0.717, 1.165) is 24.0 Å². The minimum Gasteiger partial charge on any atom is -0.354 e. The van der Waals surface area contributed by atoms with E-state index >= 15 is 0 Å². The third-order valence-corrected chi connectivity index (χ3v) is 5.75. The molecule has 0 bridgehead atoms. The number of hydrogen-bond donors (Lipinski definition) is 1. The molecule has 0 aliphatic rings. The number of nitrogens with zero attached hydrogens (tertiary/aromatic N) is 1. The van der Waals surface area contributed by atoms with Crippen LogP contribution in [0.3, 0.4) is 0 Å². The predicted octanol–water partition coefficient (Wildman–Crippen LogP) is 5.57. The van der Waals surface area contributed by atoms with Crippen molar-refractivity contribution < 1.29 is 9.59 Å². The van der Waals surface area contributed by atoms with Crippen LogP contribution in [0.5, 0.6) is 0 Å². The average Bonchev–Trinajstić information content (AvgIpc) is 2.71. The SMILES string of the molecule is CCCCNC(=O)C(CC)N(Cc1cccc(C)c1)C(=O)Cc1c(Cl)cccc1Cl. The maximum absolute atomic E-state index is 13.4. The summed E-state index contributed by atoms with van der Waals surface area (Å²) in [6, 6.07) is 12.6. The summed E-state index contributed by atoms with van der Waals surface area (Å²) < 4.78 is 0. The van der Waals surface area contributed by atoms with Crippen LogP contribution in [0, 0.1) is 6.92 Å². The zero-order valence-electron chi connectivity index (χ0n) is 17.9. The zero-order valence-corrected chi connectivity index (χ0v) is 19.4. The number of benzene rings is 2. The maximum Gasteiger partial charge on any atom is 0.242 e. The molecule has 0 saturated heterocycles. The summed E-state index contributed by atoms with van der Waals surface area (Å²) in [7, 11) is 0. The molecule has 0 fully saturated rings. The first-order chi connectivity index (χ1) is 14.4. The molecule has 0 heterocycles. The van der Waals surface area contributed by atoms with Gasteiger partial charge in [-0.1, -0.05) is 79.4 Å². The minimum absolute atomic E-state index is 0.0447. The Balaban J connectivity index is 2.31. The summed E-state index contributed by atoms with van der Waals surface area (Å²) in [5.41, 5.74) is 2.67. The van der Waals surface area contributed by atoms with Crippen LogP contribution in [0.4, 0.5) is 0 Å². The number of rotatable bonds is 10. The first kappa shape index (κ1) is 24.2. The number of halogens is 2. The van der Waals surface area contributed by atoms with Gasteiger partial charge in [0.1, 0.15) is 6.04 Å². The summed E-state index contributed by atoms with van der Waals surface area (Å²) in [4.78, 5) is 27.9. The van der Waals surface area contributed by atoms with Crippen LogP contribution >= 0.6 is 23.2 Å². The van der Waals surface area contributed by atoms with Crippen molar-refractivity contribution in [3.63, 3.8) is 0 Å². The molecule has 0 aromatic heterocycles. The van der Waals surface area contributed by atoms with Crippen molar-refractivity contribution in [2.24, 2.45) is 0 Å². The molecule has 30 heavy (non-hydrogen) atoms. The van der Waals surface area contributed by atoms with Gasteiger partial charge in [0.2, 0.25) is 11.8 Å². The van der Waals surface area contributed by atoms with Gasteiger partial charge in [-0.3, -0.25) is 9.59 Å². The summed E-state index contributed by atoms with van der Waals surface area (Å²) in [6.45, 7) is 6.96. The van der Waals surface area contributed by atoms with Gasteiger partial charge in [-0.25, -0.2) is 0 Å². The van der Waals surface area contributed by atoms with Gasteiger partial charge in [-0.2, -0.15) is 0 Å². The Morgan fingerprint density at radius 1 is 1.07 bits per heavy atom. The Kier molecular flexibility index (Phi) is 9.67. The number of unbranched alkanes of at least 4 members (excludes halogenated alkanes) is 1. The van der Waals surface area contributed by atoms with Crippen LogP contribution in [0.25, 0.3) is 0 Å². The fourth-order valence-electron chi connectivity index (χ4n) is 3.39. The van der Waals surface area contributed by atoms with Crippen molar-refractivity contribution in [1.82, 2.24) is 10.2 Å². The molecular formula is C24H30Cl2N2O2. The third kappa shape index (κ3) is 6.75. The number of carbonyl (C=O) groups excluding carboxylic acids is 2.